The Morgan fingerprint density at radius 2 is 1.81 bits per heavy atom. The normalized spacial score (nSPS) is 20.6. The van der Waals surface area contributed by atoms with E-state index in [1.54, 1.807) is 6.92 Å². The highest BCUT2D eigenvalue weighted by Crippen LogP contribution is 2.27. The van der Waals surface area contributed by atoms with Crippen LogP contribution in [0.2, 0.25) is 0 Å². The third-order valence-electron chi connectivity index (χ3n) is 4.84. The summed E-state index contributed by atoms with van der Waals surface area (Å²) in [6, 6.07) is 18.5. The van der Waals surface area contributed by atoms with Crippen LogP contribution < -0.4 is 10.5 Å². The van der Waals surface area contributed by atoms with Gasteiger partial charge in [0, 0.05) is 31.6 Å². The predicted molar refractivity (Wildman–Crippen MR) is 108 cm³/mol. The Kier molecular flexibility index (Phi) is 7.66. The van der Waals surface area contributed by atoms with Gasteiger partial charge in [-0.25, -0.2) is 4.79 Å². The van der Waals surface area contributed by atoms with Crippen molar-refractivity contribution < 1.29 is 14.3 Å². The largest absolute Gasteiger partial charge is 0.479 e. The van der Waals surface area contributed by atoms with E-state index in [1.807, 2.05) is 30.3 Å². The summed E-state index contributed by atoms with van der Waals surface area (Å²) in [6.07, 6.45) is -0.617. The molecule has 6 heteroatoms. The zero-order valence-electron chi connectivity index (χ0n) is 15.7. The predicted octanol–water partition coefficient (Wildman–Crippen LogP) is 2.98. The van der Waals surface area contributed by atoms with Gasteiger partial charge in [0.1, 0.15) is 5.75 Å². The van der Waals surface area contributed by atoms with Crippen LogP contribution in [0.3, 0.4) is 0 Å². The summed E-state index contributed by atoms with van der Waals surface area (Å²) in [4.78, 5) is 13.8. The molecule has 1 unspecified atom stereocenters. The van der Waals surface area contributed by atoms with E-state index < -0.39 is 6.10 Å². The van der Waals surface area contributed by atoms with E-state index in [9.17, 15) is 4.79 Å². The summed E-state index contributed by atoms with van der Waals surface area (Å²) in [5.74, 6) is 0.652. The molecular weight excluding hydrogens is 364 g/mol. The molecule has 146 valence electrons. The second kappa shape index (κ2) is 9.74. The molecule has 2 N–H and O–H groups in total. The minimum atomic E-state index is -0.617. The van der Waals surface area contributed by atoms with Crippen molar-refractivity contribution in [3.63, 3.8) is 0 Å². The maximum Gasteiger partial charge on any atom is 0.346 e. The molecule has 1 heterocycles. The van der Waals surface area contributed by atoms with Crippen LogP contribution in [-0.4, -0.2) is 43.2 Å². The highest BCUT2D eigenvalue weighted by Gasteiger charge is 2.30. The fourth-order valence-electron chi connectivity index (χ4n) is 3.45. The highest BCUT2D eigenvalue weighted by atomic mass is 35.5. The van der Waals surface area contributed by atoms with Crippen LogP contribution in [0.25, 0.3) is 0 Å². The molecule has 3 atom stereocenters. The molecule has 0 spiro atoms. The average molecular weight is 391 g/mol. The van der Waals surface area contributed by atoms with Crippen LogP contribution in [0.15, 0.2) is 54.6 Å². The van der Waals surface area contributed by atoms with Gasteiger partial charge in [-0.05, 0) is 30.2 Å². The van der Waals surface area contributed by atoms with Crippen LogP contribution in [0.5, 0.6) is 5.75 Å². The van der Waals surface area contributed by atoms with Gasteiger partial charge in [0.05, 0.1) is 7.11 Å². The molecule has 3 rings (SSSR count). The number of benzene rings is 2. The Balaban J connectivity index is 0.00000261. The lowest BCUT2D eigenvalue weighted by Crippen LogP contribution is -2.28. The molecule has 2 aromatic carbocycles. The molecule has 1 aliphatic heterocycles. The topological polar surface area (TPSA) is 64.8 Å². The standard InChI is InChI=1S/C21H26N2O3.ClH/c1-15(21(24)25-2)26-18-10-8-16(9-11-18)12-23-13-19(20(22)14-23)17-6-4-3-5-7-17;/h3-11,15,19-20H,12-14,22H2,1-2H3;1H/t15?,19-,20+;/m0./s1. The van der Waals surface area contributed by atoms with Crippen LogP contribution in [0.1, 0.15) is 24.0 Å². The van der Waals surface area contributed by atoms with Gasteiger partial charge in [-0.3, -0.25) is 4.90 Å². The second-order valence-corrected chi connectivity index (χ2v) is 6.80. The summed E-state index contributed by atoms with van der Waals surface area (Å²) in [7, 11) is 1.36. The maximum atomic E-state index is 11.4. The van der Waals surface area contributed by atoms with E-state index in [0.717, 1.165) is 19.6 Å². The number of nitrogens with zero attached hydrogens (tertiary/aromatic N) is 1. The molecule has 0 aliphatic carbocycles. The molecule has 0 bridgehead atoms. The van der Waals surface area contributed by atoms with E-state index in [2.05, 4.69) is 33.9 Å². The number of methoxy groups -OCH3 is 1. The number of nitrogens with two attached hydrogens (primary N) is 1. The Bertz CT molecular complexity index is 724. The van der Waals surface area contributed by atoms with Gasteiger partial charge < -0.3 is 15.2 Å². The molecule has 1 aliphatic rings. The summed E-state index contributed by atoms with van der Waals surface area (Å²) < 4.78 is 10.2. The zero-order chi connectivity index (χ0) is 18.5. The Labute approximate surface area is 166 Å². The van der Waals surface area contributed by atoms with Crippen molar-refractivity contribution in [1.82, 2.24) is 4.90 Å². The number of likely N-dealkylation sites (tertiary alicyclic amines) is 1. The van der Waals surface area contributed by atoms with Crippen molar-refractivity contribution in [3.8, 4) is 5.75 Å². The van der Waals surface area contributed by atoms with Gasteiger partial charge in [-0.15, -0.1) is 12.4 Å². The molecule has 0 radical (unpaired) electrons. The first kappa shape index (κ1) is 21.2. The molecule has 2 aromatic rings. The number of hydrogen-bond donors (Lipinski definition) is 1. The van der Waals surface area contributed by atoms with Crippen LogP contribution in [-0.2, 0) is 16.1 Å². The number of carbonyl (C=O) groups is 1. The van der Waals surface area contributed by atoms with Crippen LogP contribution in [0.4, 0.5) is 0 Å². The van der Waals surface area contributed by atoms with Crippen LogP contribution >= 0.6 is 12.4 Å². The molecule has 0 amide bonds. The number of carbonyl (C=O) groups excluding carboxylic acids is 1. The second-order valence-electron chi connectivity index (χ2n) is 6.80. The van der Waals surface area contributed by atoms with Crippen molar-refractivity contribution in [2.45, 2.75) is 31.5 Å². The lowest BCUT2D eigenvalue weighted by atomic mass is 9.95. The van der Waals surface area contributed by atoms with Gasteiger partial charge in [0.25, 0.3) is 0 Å². The quantitative estimate of drug-likeness (QED) is 0.768. The van der Waals surface area contributed by atoms with E-state index in [-0.39, 0.29) is 24.4 Å². The van der Waals surface area contributed by atoms with Gasteiger partial charge in [0.15, 0.2) is 6.10 Å². The van der Waals surface area contributed by atoms with E-state index in [4.69, 9.17) is 10.5 Å². The van der Waals surface area contributed by atoms with Crippen LogP contribution in [0, 0.1) is 0 Å². The first-order valence-corrected chi connectivity index (χ1v) is 8.93. The lowest BCUT2D eigenvalue weighted by Gasteiger charge is -2.17. The maximum absolute atomic E-state index is 11.4. The van der Waals surface area contributed by atoms with E-state index in [0.29, 0.717) is 11.7 Å². The van der Waals surface area contributed by atoms with Crippen molar-refractivity contribution in [1.29, 1.82) is 0 Å². The summed E-state index contributed by atoms with van der Waals surface area (Å²) in [5, 5.41) is 0. The number of rotatable bonds is 6. The lowest BCUT2D eigenvalue weighted by molar-refractivity contribution is -0.147. The third kappa shape index (κ3) is 5.45. The molecule has 5 nitrogen and oxygen atoms in total. The third-order valence-corrected chi connectivity index (χ3v) is 4.84. The summed E-state index contributed by atoms with van der Waals surface area (Å²) >= 11 is 0. The Hall–Kier alpha value is -2.08. The number of ether oxygens (including phenoxy) is 2. The molecule has 1 saturated heterocycles. The van der Waals surface area contributed by atoms with Gasteiger partial charge >= 0.3 is 5.97 Å². The number of esters is 1. The smallest absolute Gasteiger partial charge is 0.346 e. The molecule has 0 aromatic heterocycles. The fraction of sp³-hybridized carbons (Fsp3) is 0.381. The first-order chi connectivity index (χ1) is 12.6. The van der Waals surface area contributed by atoms with Crippen molar-refractivity contribution in [2.75, 3.05) is 20.2 Å². The summed E-state index contributed by atoms with van der Waals surface area (Å²) in [6.45, 7) is 4.37. The molecule has 1 fully saturated rings. The number of halogens is 1. The van der Waals surface area contributed by atoms with Crippen molar-refractivity contribution in [2.24, 2.45) is 5.73 Å². The van der Waals surface area contributed by atoms with Gasteiger partial charge in [-0.2, -0.15) is 0 Å². The van der Waals surface area contributed by atoms with Gasteiger partial charge in [0.2, 0.25) is 0 Å². The average Bonchev–Trinajstić information content (AvgIpc) is 3.03. The Morgan fingerprint density at radius 3 is 2.44 bits per heavy atom. The van der Waals surface area contributed by atoms with Crippen molar-refractivity contribution in [3.05, 3.63) is 65.7 Å². The van der Waals surface area contributed by atoms with Gasteiger partial charge in [-0.1, -0.05) is 42.5 Å². The monoisotopic (exact) mass is 390 g/mol. The van der Waals surface area contributed by atoms with E-state index >= 15 is 0 Å². The zero-order valence-corrected chi connectivity index (χ0v) is 16.5. The van der Waals surface area contributed by atoms with E-state index in [1.165, 1.54) is 18.2 Å². The molecular formula is C21H27ClN2O3. The Morgan fingerprint density at radius 1 is 1.15 bits per heavy atom. The minimum absolute atomic E-state index is 0. The molecule has 0 saturated carbocycles. The highest BCUT2D eigenvalue weighted by molar-refractivity contribution is 5.85. The summed E-state index contributed by atoms with van der Waals surface area (Å²) in [5.41, 5.74) is 8.88. The SMILES string of the molecule is COC(=O)C(C)Oc1ccc(CN2C[C@@H](N)[C@H](c3ccccc3)C2)cc1.Cl. The molecule has 27 heavy (non-hydrogen) atoms. The minimum Gasteiger partial charge on any atom is -0.479 e. The number of hydrogen-bond acceptors (Lipinski definition) is 5. The first-order valence-electron chi connectivity index (χ1n) is 8.93. The fourth-order valence-corrected chi connectivity index (χ4v) is 3.45. The van der Waals surface area contributed by atoms with Crippen molar-refractivity contribution >= 4 is 18.4 Å².